The molecule has 0 spiro atoms. The average molecular weight is 195 g/mol. The Labute approximate surface area is 84.5 Å². The van der Waals surface area contributed by atoms with Crippen LogP contribution in [0.25, 0.3) is 0 Å². The zero-order valence-corrected chi connectivity index (χ0v) is 8.73. The number of hydrogen-bond acceptors (Lipinski definition) is 4. The van der Waals surface area contributed by atoms with Crippen LogP contribution in [0, 0.1) is 0 Å². The molecule has 1 unspecified atom stereocenters. The summed E-state index contributed by atoms with van der Waals surface area (Å²) in [6.07, 6.45) is 5.67. The van der Waals surface area contributed by atoms with Gasteiger partial charge in [-0.15, -0.1) is 0 Å². The van der Waals surface area contributed by atoms with E-state index in [0.29, 0.717) is 12.4 Å². The van der Waals surface area contributed by atoms with Gasteiger partial charge in [0.05, 0.1) is 30.8 Å². The molecule has 0 amide bonds. The summed E-state index contributed by atoms with van der Waals surface area (Å²) in [7, 11) is 0. The van der Waals surface area contributed by atoms with Crippen molar-refractivity contribution in [3.8, 4) is 0 Å². The van der Waals surface area contributed by atoms with Gasteiger partial charge in [-0.3, -0.25) is 4.98 Å². The molecule has 0 aliphatic carbocycles. The van der Waals surface area contributed by atoms with Crippen LogP contribution in [0.4, 0.5) is 5.82 Å². The molecule has 0 saturated heterocycles. The van der Waals surface area contributed by atoms with Crippen LogP contribution in [0.3, 0.4) is 0 Å². The number of rotatable bonds is 5. The minimum atomic E-state index is 0.277. The van der Waals surface area contributed by atoms with Gasteiger partial charge in [-0.2, -0.15) is 0 Å². The van der Waals surface area contributed by atoms with Crippen LogP contribution in [0.1, 0.15) is 32.4 Å². The zero-order valence-electron chi connectivity index (χ0n) is 8.73. The molecule has 1 atom stereocenters. The number of aromatic nitrogens is 2. The minimum Gasteiger partial charge on any atom is -0.382 e. The van der Waals surface area contributed by atoms with Crippen molar-refractivity contribution in [2.75, 3.05) is 5.73 Å². The Morgan fingerprint density at radius 3 is 2.79 bits per heavy atom. The van der Waals surface area contributed by atoms with Gasteiger partial charge in [0.25, 0.3) is 0 Å². The molecule has 4 nitrogen and oxygen atoms in total. The minimum absolute atomic E-state index is 0.277. The Kier molecular flexibility index (Phi) is 4.32. The van der Waals surface area contributed by atoms with E-state index in [9.17, 15) is 0 Å². The van der Waals surface area contributed by atoms with E-state index < -0.39 is 0 Å². The Hall–Kier alpha value is -1.16. The van der Waals surface area contributed by atoms with Crippen LogP contribution in [0.5, 0.6) is 0 Å². The standard InChI is InChI=1S/C10H17N3O/c1-3-4-8(2)14-7-9-5-13-10(11)6-12-9/h5-6,8H,3-4,7H2,1-2H3,(H2,11,13). The normalized spacial score (nSPS) is 12.7. The van der Waals surface area contributed by atoms with Gasteiger partial charge in [-0.1, -0.05) is 13.3 Å². The Bertz CT molecular complexity index is 261. The van der Waals surface area contributed by atoms with Crippen LogP contribution < -0.4 is 5.73 Å². The van der Waals surface area contributed by atoms with E-state index in [0.717, 1.165) is 18.5 Å². The topological polar surface area (TPSA) is 61.0 Å². The van der Waals surface area contributed by atoms with Crippen LogP contribution in [-0.4, -0.2) is 16.1 Å². The number of nitrogens with two attached hydrogens (primary N) is 1. The van der Waals surface area contributed by atoms with Crippen molar-refractivity contribution in [1.82, 2.24) is 9.97 Å². The molecule has 0 aromatic carbocycles. The van der Waals surface area contributed by atoms with E-state index in [2.05, 4.69) is 23.8 Å². The predicted molar refractivity (Wildman–Crippen MR) is 55.6 cm³/mol. The second-order valence-corrected chi connectivity index (χ2v) is 3.34. The summed E-state index contributed by atoms with van der Waals surface area (Å²) in [6.45, 7) is 4.71. The highest BCUT2D eigenvalue weighted by Crippen LogP contribution is 2.05. The lowest BCUT2D eigenvalue weighted by molar-refractivity contribution is 0.0451. The SMILES string of the molecule is CCCC(C)OCc1cnc(N)cn1. The number of nitrogens with zero attached hydrogens (tertiary/aromatic N) is 2. The van der Waals surface area contributed by atoms with Crippen molar-refractivity contribution < 1.29 is 4.74 Å². The summed E-state index contributed by atoms with van der Waals surface area (Å²) in [4.78, 5) is 8.04. The lowest BCUT2D eigenvalue weighted by Gasteiger charge is -2.10. The van der Waals surface area contributed by atoms with E-state index in [1.165, 1.54) is 0 Å². The molecule has 0 fully saturated rings. The van der Waals surface area contributed by atoms with Crippen molar-refractivity contribution in [2.45, 2.75) is 39.4 Å². The van der Waals surface area contributed by atoms with Gasteiger partial charge in [0, 0.05) is 0 Å². The summed E-state index contributed by atoms with van der Waals surface area (Å²) in [5, 5.41) is 0. The van der Waals surface area contributed by atoms with Crippen molar-refractivity contribution in [3.63, 3.8) is 0 Å². The van der Waals surface area contributed by atoms with Gasteiger partial charge in [-0.25, -0.2) is 4.98 Å². The average Bonchev–Trinajstić information content (AvgIpc) is 2.17. The molecule has 4 heteroatoms. The first-order chi connectivity index (χ1) is 6.72. The molecule has 1 aromatic heterocycles. The Morgan fingerprint density at radius 2 is 2.21 bits per heavy atom. The molecule has 1 rings (SSSR count). The van der Waals surface area contributed by atoms with Crippen molar-refractivity contribution in [1.29, 1.82) is 0 Å². The monoisotopic (exact) mass is 195 g/mol. The molecular weight excluding hydrogens is 178 g/mol. The molecule has 0 aliphatic rings. The second kappa shape index (κ2) is 5.54. The molecule has 0 radical (unpaired) electrons. The first-order valence-electron chi connectivity index (χ1n) is 4.90. The predicted octanol–water partition coefficient (Wildman–Crippen LogP) is 1.76. The fourth-order valence-corrected chi connectivity index (χ4v) is 1.16. The summed E-state index contributed by atoms with van der Waals surface area (Å²) in [6, 6.07) is 0. The smallest absolute Gasteiger partial charge is 0.141 e. The summed E-state index contributed by atoms with van der Waals surface area (Å²) >= 11 is 0. The van der Waals surface area contributed by atoms with Gasteiger partial charge < -0.3 is 10.5 Å². The lowest BCUT2D eigenvalue weighted by Crippen LogP contribution is -2.08. The summed E-state index contributed by atoms with van der Waals surface area (Å²) in [5.74, 6) is 0.440. The molecule has 14 heavy (non-hydrogen) atoms. The van der Waals surface area contributed by atoms with E-state index in [-0.39, 0.29) is 6.10 Å². The van der Waals surface area contributed by atoms with E-state index in [1.54, 1.807) is 12.4 Å². The van der Waals surface area contributed by atoms with E-state index in [1.807, 2.05) is 0 Å². The van der Waals surface area contributed by atoms with Gasteiger partial charge in [0.1, 0.15) is 5.82 Å². The van der Waals surface area contributed by atoms with Crippen molar-refractivity contribution >= 4 is 5.82 Å². The largest absolute Gasteiger partial charge is 0.382 e. The second-order valence-electron chi connectivity index (χ2n) is 3.34. The Balaban J connectivity index is 2.34. The lowest BCUT2D eigenvalue weighted by atomic mass is 10.2. The first kappa shape index (κ1) is 10.9. The quantitative estimate of drug-likeness (QED) is 0.777. The van der Waals surface area contributed by atoms with Crippen LogP contribution in [-0.2, 0) is 11.3 Å². The van der Waals surface area contributed by atoms with Gasteiger partial charge in [0.2, 0.25) is 0 Å². The summed E-state index contributed by atoms with van der Waals surface area (Å²) < 4.78 is 5.56. The van der Waals surface area contributed by atoms with Gasteiger partial charge >= 0.3 is 0 Å². The maximum absolute atomic E-state index is 5.56. The third kappa shape index (κ3) is 3.70. The number of ether oxygens (including phenoxy) is 1. The molecule has 0 bridgehead atoms. The fourth-order valence-electron chi connectivity index (χ4n) is 1.16. The van der Waals surface area contributed by atoms with Crippen molar-refractivity contribution in [2.24, 2.45) is 0 Å². The molecule has 78 valence electrons. The fraction of sp³-hybridized carbons (Fsp3) is 0.600. The van der Waals surface area contributed by atoms with E-state index >= 15 is 0 Å². The molecule has 0 aliphatic heterocycles. The highest BCUT2D eigenvalue weighted by atomic mass is 16.5. The van der Waals surface area contributed by atoms with Gasteiger partial charge in [-0.05, 0) is 13.3 Å². The Morgan fingerprint density at radius 1 is 1.43 bits per heavy atom. The third-order valence-corrected chi connectivity index (χ3v) is 1.94. The number of nitrogen functional groups attached to an aromatic ring is 1. The van der Waals surface area contributed by atoms with Crippen molar-refractivity contribution in [3.05, 3.63) is 18.1 Å². The number of hydrogen-bond donors (Lipinski definition) is 1. The van der Waals surface area contributed by atoms with Crippen LogP contribution in [0.15, 0.2) is 12.4 Å². The molecular formula is C10H17N3O. The molecule has 1 heterocycles. The maximum atomic E-state index is 5.56. The van der Waals surface area contributed by atoms with Gasteiger partial charge in [0.15, 0.2) is 0 Å². The molecule has 2 N–H and O–H groups in total. The highest BCUT2D eigenvalue weighted by Gasteiger charge is 2.01. The zero-order chi connectivity index (χ0) is 10.4. The highest BCUT2D eigenvalue weighted by molar-refractivity contribution is 5.22. The van der Waals surface area contributed by atoms with Crippen LogP contribution >= 0.6 is 0 Å². The number of anilines is 1. The third-order valence-electron chi connectivity index (χ3n) is 1.94. The van der Waals surface area contributed by atoms with Crippen LogP contribution in [0.2, 0.25) is 0 Å². The maximum Gasteiger partial charge on any atom is 0.141 e. The first-order valence-corrected chi connectivity index (χ1v) is 4.90. The molecule has 0 saturated carbocycles. The van der Waals surface area contributed by atoms with E-state index in [4.69, 9.17) is 10.5 Å². The summed E-state index contributed by atoms with van der Waals surface area (Å²) in [5.41, 5.74) is 6.24. The molecule has 1 aromatic rings.